The SMILES string of the molecule is O=P(O)(O)O[C@@H]1O[C@H](CO)[C@@H](O)[C@H](O)[C@H]1O. The molecule has 0 aromatic heterocycles. The molecule has 1 aliphatic heterocycles. The first-order valence-corrected chi connectivity index (χ1v) is 5.83. The Morgan fingerprint density at radius 1 is 1.12 bits per heavy atom. The second kappa shape index (κ2) is 5.05. The van der Waals surface area contributed by atoms with Gasteiger partial charge in [0.25, 0.3) is 0 Å². The number of phosphoric acid groups is 1. The predicted octanol–water partition coefficient (Wildman–Crippen LogP) is -3.10. The highest BCUT2D eigenvalue weighted by Gasteiger charge is 2.46. The largest absolute Gasteiger partial charge is 0.472 e. The number of aliphatic hydroxyl groups is 4. The zero-order chi connectivity index (χ0) is 12.5. The zero-order valence-electron chi connectivity index (χ0n) is 7.95. The average Bonchev–Trinajstić information content (AvgIpc) is 2.17. The summed E-state index contributed by atoms with van der Waals surface area (Å²) in [5.74, 6) is 0. The first-order valence-electron chi connectivity index (χ1n) is 4.30. The second-order valence-electron chi connectivity index (χ2n) is 3.29. The maximum Gasteiger partial charge on any atom is 0.472 e. The van der Waals surface area contributed by atoms with Crippen molar-refractivity contribution in [1.29, 1.82) is 0 Å². The number of aliphatic hydroxyl groups excluding tert-OH is 4. The first kappa shape index (κ1) is 14.0. The molecule has 0 unspecified atom stereocenters. The Kier molecular flexibility index (Phi) is 4.41. The van der Waals surface area contributed by atoms with Gasteiger partial charge in [-0.2, -0.15) is 0 Å². The predicted molar refractivity (Wildman–Crippen MR) is 46.9 cm³/mol. The Labute approximate surface area is 90.1 Å². The summed E-state index contributed by atoms with van der Waals surface area (Å²) in [5.41, 5.74) is 0. The first-order chi connectivity index (χ1) is 7.26. The van der Waals surface area contributed by atoms with Crippen LogP contribution in [0.25, 0.3) is 0 Å². The highest BCUT2D eigenvalue weighted by molar-refractivity contribution is 7.46. The van der Waals surface area contributed by atoms with Gasteiger partial charge in [0.2, 0.25) is 0 Å². The lowest BCUT2D eigenvalue weighted by molar-refractivity contribution is -0.280. The standard InChI is InChI=1S/C6H13O9P/c7-1-2-3(8)4(9)5(10)6(14-2)15-16(11,12)13/h2-10H,1H2,(H2,11,12,13)/t2-,3-,4+,5-,6+/m1/s1. The molecule has 1 rings (SSSR count). The number of phosphoric ester groups is 1. The van der Waals surface area contributed by atoms with Gasteiger partial charge in [-0.15, -0.1) is 0 Å². The van der Waals surface area contributed by atoms with Crippen LogP contribution in [-0.2, 0) is 13.8 Å². The van der Waals surface area contributed by atoms with Crippen molar-refractivity contribution in [2.45, 2.75) is 30.7 Å². The summed E-state index contributed by atoms with van der Waals surface area (Å²) in [6.07, 6.45) is -8.25. The van der Waals surface area contributed by atoms with E-state index in [-0.39, 0.29) is 0 Å². The molecule has 1 saturated heterocycles. The molecule has 0 aromatic rings. The Balaban J connectivity index is 2.75. The van der Waals surface area contributed by atoms with Gasteiger partial charge in [-0.05, 0) is 0 Å². The molecule has 0 radical (unpaired) electrons. The Bertz CT molecular complexity index is 275. The van der Waals surface area contributed by atoms with Crippen molar-refractivity contribution in [3.8, 4) is 0 Å². The molecule has 5 atom stereocenters. The van der Waals surface area contributed by atoms with Gasteiger partial charge in [0.15, 0.2) is 6.29 Å². The topological polar surface area (TPSA) is 157 Å². The molecular weight excluding hydrogens is 247 g/mol. The fraction of sp³-hybridized carbons (Fsp3) is 1.00. The third-order valence-electron chi connectivity index (χ3n) is 2.09. The second-order valence-corrected chi connectivity index (χ2v) is 4.49. The molecule has 16 heavy (non-hydrogen) atoms. The van der Waals surface area contributed by atoms with E-state index in [4.69, 9.17) is 14.9 Å². The maximum atomic E-state index is 10.5. The highest BCUT2D eigenvalue weighted by atomic mass is 31.2. The van der Waals surface area contributed by atoms with Crippen LogP contribution in [0.5, 0.6) is 0 Å². The fourth-order valence-corrected chi connectivity index (χ4v) is 1.73. The quantitative estimate of drug-likeness (QED) is 0.289. The minimum atomic E-state index is -4.91. The molecule has 0 saturated carbocycles. The van der Waals surface area contributed by atoms with Crippen molar-refractivity contribution in [3.05, 3.63) is 0 Å². The van der Waals surface area contributed by atoms with Crippen molar-refractivity contribution in [3.63, 3.8) is 0 Å². The van der Waals surface area contributed by atoms with Gasteiger partial charge in [-0.25, -0.2) is 4.57 Å². The molecular formula is C6H13O9P. The molecule has 1 fully saturated rings. The number of rotatable bonds is 3. The van der Waals surface area contributed by atoms with E-state index in [1.165, 1.54) is 0 Å². The lowest BCUT2D eigenvalue weighted by atomic mass is 10.00. The van der Waals surface area contributed by atoms with Crippen LogP contribution in [0.2, 0.25) is 0 Å². The van der Waals surface area contributed by atoms with Crippen LogP contribution in [0, 0.1) is 0 Å². The van der Waals surface area contributed by atoms with Gasteiger partial charge in [-0.1, -0.05) is 0 Å². The van der Waals surface area contributed by atoms with E-state index in [9.17, 15) is 19.9 Å². The zero-order valence-corrected chi connectivity index (χ0v) is 8.84. The summed E-state index contributed by atoms with van der Waals surface area (Å²) < 4.78 is 19.2. The fourth-order valence-electron chi connectivity index (χ4n) is 1.29. The van der Waals surface area contributed by atoms with E-state index in [0.29, 0.717) is 0 Å². The monoisotopic (exact) mass is 260 g/mol. The van der Waals surface area contributed by atoms with Crippen LogP contribution in [0.1, 0.15) is 0 Å². The van der Waals surface area contributed by atoms with Crippen LogP contribution >= 0.6 is 7.82 Å². The Morgan fingerprint density at radius 2 is 1.69 bits per heavy atom. The molecule has 0 amide bonds. The molecule has 9 nitrogen and oxygen atoms in total. The third kappa shape index (κ3) is 3.20. The van der Waals surface area contributed by atoms with E-state index < -0.39 is 45.1 Å². The van der Waals surface area contributed by atoms with Gasteiger partial charge in [-0.3, -0.25) is 4.52 Å². The van der Waals surface area contributed by atoms with Crippen LogP contribution < -0.4 is 0 Å². The van der Waals surface area contributed by atoms with Crippen molar-refractivity contribution in [2.24, 2.45) is 0 Å². The number of hydrogen-bond donors (Lipinski definition) is 6. The Morgan fingerprint density at radius 3 is 2.12 bits per heavy atom. The molecule has 6 N–H and O–H groups in total. The van der Waals surface area contributed by atoms with Crippen LogP contribution in [-0.4, -0.2) is 67.5 Å². The summed E-state index contributed by atoms with van der Waals surface area (Å²) in [6.45, 7) is -0.702. The smallest absolute Gasteiger partial charge is 0.394 e. The van der Waals surface area contributed by atoms with Crippen molar-refractivity contribution in [1.82, 2.24) is 0 Å². The third-order valence-corrected chi connectivity index (χ3v) is 2.57. The Hall–Kier alpha value is -0.0900. The van der Waals surface area contributed by atoms with E-state index in [0.717, 1.165) is 0 Å². The van der Waals surface area contributed by atoms with E-state index in [1.54, 1.807) is 0 Å². The van der Waals surface area contributed by atoms with Crippen LogP contribution in [0.3, 0.4) is 0 Å². The summed E-state index contributed by atoms with van der Waals surface area (Å²) in [6, 6.07) is 0. The van der Waals surface area contributed by atoms with Gasteiger partial charge in [0.05, 0.1) is 6.61 Å². The van der Waals surface area contributed by atoms with E-state index >= 15 is 0 Å². The van der Waals surface area contributed by atoms with Gasteiger partial charge in [0.1, 0.15) is 24.4 Å². The summed E-state index contributed by atoms with van der Waals surface area (Å²) in [5, 5.41) is 36.6. The molecule has 0 bridgehead atoms. The van der Waals surface area contributed by atoms with Gasteiger partial charge >= 0.3 is 7.82 Å². The van der Waals surface area contributed by atoms with Crippen molar-refractivity contribution in [2.75, 3.05) is 6.61 Å². The summed E-state index contributed by atoms with van der Waals surface area (Å²) in [7, 11) is -4.91. The van der Waals surface area contributed by atoms with Crippen LogP contribution in [0.4, 0.5) is 0 Å². The number of hydrogen-bond acceptors (Lipinski definition) is 7. The normalized spacial score (nSPS) is 41.0. The van der Waals surface area contributed by atoms with Gasteiger partial charge in [0, 0.05) is 0 Å². The summed E-state index contributed by atoms with van der Waals surface area (Å²) >= 11 is 0. The highest BCUT2D eigenvalue weighted by Crippen LogP contribution is 2.40. The summed E-state index contributed by atoms with van der Waals surface area (Å²) in [4.78, 5) is 17.0. The molecule has 10 heteroatoms. The molecule has 0 aliphatic carbocycles. The maximum absolute atomic E-state index is 10.5. The lowest BCUT2D eigenvalue weighted by Gasteiger charge is -2.39. The lowest BCUT2D eigenvalue weighted by Crippen LogP contribution is -2.58. The van der Waals surface area contributed by atoms with Crippen molar-refractivity contribution >= 4 is 7.82 Å². The van der Waals surface area contributed by atoms with Crippen molar-refractivity contribution < 1.29 is 44.0 Å². The number of ether oxygens (including phenoxy) is 1. The van der Waals surface area contributed by atoms with Gasteiger partial charge < -0.3 is 34.9 Å². The van der Waals surface area contributed by atoms with Crippen LogP contribution in [0.15, 0.2) is 0 Å². The molecule has 0 aromatic carbocycles. The van der Waals surface area contributed by atoms with E-state index in [1.807, 2.05) is 0 Å². The molecule has 96 valence electrons. The molecule has 1 aliphatic rings. The minimum absolute atomic E-state index is 0.702. The van der Waals surface area contributed by atoms with E-state index in [2.05, 4.69) is 9.26 Å². The molecule has 0 spiro atoms. The average molecular weight is 260 g/mol. The molecule has 1 heterocycles. The minimum Gasteiger partial charge on any atom is -0.394 e.